The van der Waals surface area contributed by atoms with Crippen molar-refractivity contribution in [3.8, 4) is 0 Å². The van der Waals surface area contributed by atoms with E-state index in [2.05, 4.69) is 22.4 Å². The minimum absolute atomic E-state index is 0.331. The van der Waals surface area contributed by atoms with Gasteiger partial charge in [0.25, 0.3) is 0 Å². The summed E-state index contributed by atoms with van der Waals surface area (Å²) in [6.07, 6.45) is 10.2. The third-order valence-corrected chi connectivity index (χ3v) is 7.08. The first-order valence-electron chi connectivity index (χ1n) is 8.15. The lowest BCUT2D eigenvalue weighted by Crippen LogP contribution is -2.47. The van der Waals surface area contributed by atoms with Crippen molar-refractivity contribution in [2.24, 2.45) is 23.2 Å². The van der Waals surface area contributed by atoms with Gasteiger partial charge in [-0.25, -0.2) is 0 Å². The summed E-state index contributed by atoms with van der Waals surface area (Å²) in [5.74, 6) is 3.10. The Morgan fingerprint density at radius 3 is 2.30 bits per heavy atom. The molecule has 3 nitrogen and oxygen atoms in total. The molecule has 4 heteroatoms. The van der Waals surface area contributed by atoms with Crippen LogP contribution in [0.2, 0.25) is 0 Å². The fraction of sp³-hybridized carbons (Fsp3) is 0.875. The minimum atomic E-state index is 0.331. The van der Waals surface area contributed by atoms with E-state index >= 15 is 0 Å². The monoisotopic (exact) mass is 291 g/mol. The van der Waals surface area contributed by atoms with Gasteiger partial charge in [0.2, 0.25) is 0 Å². The van der Waals surface area contributed by atoms with Gasteiger partial charge in [-0.05, 0) is 75.7 Å². The van der Waals surface area contributed by atoms with Crippen molar-refractivity contribution in [3.63, 3.8) is 0 Å². The Morgan fingerprint density at radius 2 is 1.75 bits per heavy atom. The molecule has 1 atom stereocenters. The Morgan fingerprint density at radius 1 is 1.15 bits per heavy atom. The van der Waals surface area contributed by atoms with Crippen molar-refractivity contribution < 1.29 is 0 Å². The molecule has 20 heavy (non-hydrogen) atoms. The molecule has 0 aliphatic heterocycles. The van der Waals surface area contributed by atoms with Gasteiger partial charge in [-0.2, -0.15) is 0 Å². The molecule has 1 N–H and O–H groups in total. The number of aromatic nitrogens is 2. The summed E-state index contributed by atoms with van der Waals surface area (Å²) in [4.78, 5) is 0. The number of hydrogen-bond acceptors (Lipinski definition) is 4. The van der Waals surface area contributed by atoms with Crippen LogP contribution >= 0.6 is 11.3 Å². The fourth-order valence-electron chi connectivity index (χ4n) is 5.46. The van der Waals surface area contributed by atoms with E-state index in [9.17, 15) is 0 Å². The van der Waals surface area contributed by atoms with Crippen LogP contribution in [-0.4, -0.2) is 17.2 Å². The van der Waals surface area contributed by atoms with E-state index in [1.165, 1.54) is 50.0 Å². The number of rotatable bonds is 4. The van der Waals surface area contributed by atoms with Gasteiger partial charge >= 0.3 is 0 Å². The van der Waals surface area contributed by atoms with Crippen molar-refractivity contribution in [1.29, 1.82) is 0 Å². The smallest absolute Gasteiger partial charge is 0.134 e. The van der Waals surface area contributed by atoms with Gasteiger partial charge < -0.3 is 5.32 Å². The second-order valence-electron chi connectivity index (χ2n) is 7.64. The van der Waals surface area contributed by atoms with Gasteiger partial charge in [0.1, 0.15) is 10.0 Å². The second kappa shape index (κ2) is 4.77. The predicted molar refractivity (Wildman–Crippen MR) is 81.7 cm³/mol. The third kappa shape index (κ3) is 2.21. The van der Waals surface area contributed by atoms with Crippen LogP contribution in [-0.2, 0) is 6.42 Å². The largest absolute Gasteiger partial charge is 0.311 e. The molecule has 0 saturated heterocycles. The van der Waals surface area contributed by atoms with Crippen molar-refractivity contribution in [3.05, 3.63) is 10.0 Å². The Labute approximate surface area is 125 Å². The van der Waals surface area contributed by atoms with Crippen molar-refractivity contribution >= 4 is 11.3 Å². The van der Waals surface area contributed by atoms with Crippen LogP contribution in [0.3, 0.4) is 0 Å². The van der Waals surface area contributed by atoms with E-state index < -0.39 is 0 Å². The average molecular weight is 291 g/mol. The maximum absolute atomic E-state index is 4.49. The second-order valence-corrected chi connectivity index (χ2v) is 8.73. The van der Waals surface area contributed by atoms with Gasteiger partial charge in [-0.1, -0.05) is 11.3 Å². The fourth-order valence-corrected chi connectivity index (χ4v) is 6.54. The molecule has 1 unspecified atom stereocenters. The number of nitrogens with zero attached hydrogens (tertiary/aromatic N) is 2. The van der Waals surface area contributed by atoms with Gasteiger partial charge in [-0.15, -0.1) is 10.2 Å². The molecular weight excluding hydrogens is 266 g/mol. The summed E-state index contributed by atoms with van der Waals surface area (Å²) in [6, 6.07) is 0.331. The summed E-state index contributed by atoms with van der Waals surface area (Å²) in [6.45, 7) is 2.16. The maximum Gasteiger partial charge on any atom is 0.134 e. The van der Waals surface area contributed by atoms with E-state index in [0.717, 1.165) is 22.8 Å². The molecule has 0 spiro atoms. The molecule has 5 rings (SSSR count). The molecule has 4 aliphatic carbocycles. The molecule has 0 radical (unpaired) electrons. The Balaban J connectivity index is 1.52. The molecule has 4 fully saturated rings. The van der Waals surface area contributed by atoms with Crippen molar-refractivity contribution in [1.82, 2.24) is 15.5 Å². The van der Waals surface area contributed by atoms with E-state index in [1.54, 1.807) is 0 Å². The Bertz CT molecular complexity index is 460. The maximum atomic E-state index is 4.49. The van der Waals surface area contributed by atoms with Gasteiger partial charge in [0.15, 0.2) is 0 Å². The normalized spacial score (nSPS) is 40.2. The van der Waals surface area contributed by atoms with Crippen LogP contribution in [0.25, 0.3) is 0 Å². The summed E-state index contributed by atoms with van der Waals surface area (Å²) in [5.41, 5.74) is 0.592. The summed E-state index contributed by atoms with van der Waals surface area (Å²) < 4.78 is 0. The highest BCUT2D eigenvalue weighted by atomic mass is 32.1. The Kier molecular flexibility index (Phi) is 3.15. The van der Waals surface area contributed by atoms with Gasteiger partial charge in [-0.3, -0.25) is 0 Å². The third-order valence-electron chi connectivity index (χ3n) is 5.98. The lowest BCUT2D eigenvalue weighted by Gasteiger charge is -2.56. The first-order valence-corrected chi connectivity index (χ1v) is 8.97. The highest BCUT2D eigenvalue weighted by Gasteiger charge is 2.51. The molecule has 1 heterocycles. The highest BCUT2D eigenvalue weighted by Crippen LogP contribution is 2.61. The molecule has 110 valence electrons. The molecule has 0 aromatic carbocycles. The summed E-state index contributed by atoms with van der Waals surface area (Å²) in [5, 5.41) is 14.6. The first-order chi connectivity index (χ1) is 9.66. The van der Waals surface area contributed by atoms with Crippen molar-refractivity contribution in [2.75, 3.05) is 7.05 Å². The minimum Gasteiger partial charge on any atom is -0.311 e. The van der Waals surface area contributed by atoms with Crippen LogP contribution in [0.15, 0.2) is 0 Å². The zero-order chi connectivity index (χ0) is 13.7. The Hall–Kier alpha value is -0.480. The molecular formula is C16H25N3S. The molecule has 0 amide bonds. The van der Waals surface area contributed by atoms with Crippen LogP contribution < -0.4 is 5.32 Å². The lowest BCUT2D eigenvalue weighted by molar-refractivity contribution is -0.0522. The average Bonchev–Trinajstić information content (AvgIpc) is 2.83. The van der Waals surface area contributed by atoms with E-state index in [-0.39, 0.29) is 0 Å². The van der Waals surface area contributed by atoms with Gasteiger partial charge in [0.05, 0.1) is 6.04 Å². The van der Waals surface area contributed by atoms with Crippen LogP contribution in [0.4, 0.5) is 0 Å². The first kappa shape index (κ1) is 13.2. The molecule has 1 aromatic rings. The standard InChI is InChI=1S/C16H25N3S/c1-10(17-2)15-19-18-14(20-15)9-16-6-11-3-12(7-16)5-13(4-11)8-16/h10-13,17H,3-9H2,1-2H3. The predicted octanol–water partition coefficient (Wildman–Crippen LogP) is 3.58. The van der Waals surface area contributed by atoms with Crippen LogP contribution in [0.1, 0.15) is 61.5 Å². The number of hydrogen-bond donors (Lipinski definition) is 1. The SMILES string of the molecule is CNC(C)c1nnc(CC23CC4CC(CC(C4)C2)C3)s1. The summed E-state index contributed by atoms with van der Waals surface area (Å²) >= 11 is 1.83. The number of nitrogens with one attached hydrogen (secondary N) is 1. The molecule has 4 bridgehead atoms. The van der Waals surface area contributed by atoms with Crippen molar-refractivity contribution in [2.45, 2.75) is 57.9 Å². The van der Waals surface area contributed by atoms with E-state index in [4.69, 9.17) is 0 Å². The van der Waals surface area contributed by atoms with Crippen LogP contribution in [0.5, 0.6) is 0 Å². The summed E-state index contributed by atoms with van der Waals surface area (Å²) in [7, 11) is 1.99. The van der Waals surface area contributed by atoms with E-state index in [0.29, 0.717) is 11.5 Å². The lowest BCUT2D eigenvalue weighted by atomic mass is 9.49. The molecule has 4 saturated carbocycles. The van der Waals surface area contributed by atoms with Crippen LogP contribution in [0, 0.1) is 23.2 Å². The zero-order valence-electron chi connectivity index (χ0n) is 12.6. The molecule has 4 aliphatic rings. The van der Waals surface area contributed by atoms with E-state index in [1.807, 2.05) is 18.4 Å². The van der Waals surface area contributed by atoms with Gasteiger partial charge in [0, 0.05) is 6.42 Å². The quantitative estimate of drug-likeness (QED) is 0.921. The zero-order valence-corrected chi connectivity index (χ0v) is 13.4. The topological polar surface area (TPSA) is 37.8 Å². The highest BCUT2D eigenvalue weighted by molar-refractivity contribution is 7.11. The molecule has 1 aromatic heterocycles.